The predicted octanol–water partition coefficient (Wildman–Crippen LogP) is 0.769. The third kappa shape index (κ3) is 4.03. The van der Waals surface area contributed by atoms with E-state index >= 15 is 0 Å². The molecule has 0 spiro atoms. The molecule has 1 aliphatic rings. The summed E-state index contributed by atoms with van der Waals surface area (Å²) in [7, 11) is 1.45. The summed E-state index contributed by atoms with van der Waals surface area (Å²) in [6.07, 6.45) is 0. The van der Waals surface area contributed by atoms with Crippen LogP contribution in [0, 0.1) is 0 Å². The molecule has 1 aromatic heterocycles. The van der Waals surface area contributed by atoms with Crippen molar-refractivity contribution >= 4 is 28.3 Å². The molecule has 0 atom stereocenters. The summed E-state index contributed by atoms with van der Waals surface area (Å²) in [5.41, 5.74) is 4.76. The number of methoxy groups -OCH3 is 1. The molecule has 2 heterocycles. The van der Waals surface area contributed by atoms with E-state index in [1.54, 1.807) is 5.38 Å². The molecule has 138 valence electrons. The van der Waals surface area contributed by atoms with Gasteiger partial charge in [0.15, 0.2) is 5.13 Å². The number of amides is 2. The number of rotatable bonds is 4. The molecule has 3 rings (SSSR count). The Morgan fingerprint density at radius 1 is 1.27 bits per heavy atom. The van der Waals surface area contributed by atoms with Crippen LogP contribution in [0.4, 0.5) is 5.13 Å². The molecule has 9 nitrogen and oxygen atoms in total. The van der Waals surface area contributed by atoms with Crippen molar-refractivity contribution in [3.05, 3.63) is 34.8 Å². The van der Waals surface area contributed by atoms with Crippen LogP contribution in [0.3, 0.4) is 0 Å². The topological polar surface area (TPSA) is 113 Å². The van der Waals surface area contributed by atoms with Crippen molar-refractivity contribution in [3.63, 3.8) is 0 Å². The van der Waals surface area contributed by atoms with Crippen molar-refractivity contribution in [1.82, 2.24) is 15.8 Å². The third-order valence-corrected chi connectivity index (χ3v) is 4.65. The first-order valence-electron chi connectivity index (χ1n) is 7.84. The van der Waals surface area contributed by atoms with Crippen LogP contribution in [0.5, 0.6) is 11.5 Å². The summed E-state index contributed by atoms with van der Waals surface area (Å²) < 4.78 is 10.2. The number of anilines is 1. The minimum atomic E-state index is -0.651. The van der Waals surface area contributed by atoms with Crippen LogP contribution in [0.2, 0.25) is 0 Å². The molecule has 10 heteroatoms. The Bertz CT molecular complexity index is 804. The highest BCUT2D eigenvalue weighted by Gasteiger charge is 2.18. The minimum absolute atomic E-state index is 0.0124. The van der Waals surface area contributed by atoms with Gasteiger partial charge in [0.25, 0.3) is 11.8 Å². The lowest BCUT2D eigenvalue weighted by molar-refractivity contribution is 0.0842. The zero-order valence-corrected chi connectivity index (χ0v) is 14.8. The minimum Gasteiger partial charge on any atom is -0.507 e. The SMILES string of the molecule is COc1ccc(C(=O)NNC(=O)c2csc(N3CCOCC3)n2)c(O)c1. The van der Waals surface area contributed by atoms with Gasteiger partial charge in [-0.2, -0.15) is 0 Å². The summed E-state index contributed by atoms with van der Waals surface area (Å²) in [4.78, 5) is 30.6. The molecule has 3 N–H and O–H groups in total. The van der Waals surface area contributed by atoms with Gasteiger partial charge in [0.2, 0.25) is 0 Å². The van der Waals surface area contributed by atoms with Gasteiger partial charge in [-0.15, -0.1) is 11.3 Å². The third-order valence-electron chi connectivity index (χ3n) is 3.75. The lowest BCUT2D eigenvalue weighted by atomic mass is 10.2. The van der Waals surface area contributed by atoms with Gasteiger partial charge in [0.1, 0.15) is 17.2 Å². The molecular weight excluding hydrogens is 360 g/mol. The van der Waals surface area contributed by atoms with E-state index in [2.05, 4.69) is 15.8 Å². The molecule has 2 aromatic rings. The van der Waals surface area contributed by atoms with Crippen LogP contribution >= 0.6 is 11.3 Å². The van der Waals surface area contributed by atoms with Gasteiger partial charge in [-0.25, -0.2) is 4.98 Å². The predicted molar refractivity (Wildman–Crippen MR) is 94.7 cm³/mol. The van der Waals surface area contributed by atoms with Crippen molar-refractivity contribution < 1.29 is 24.2 Å². The number of nitrogens with one attached hydrogen (secondary N) is 2. The van der Waals surface area contributed by atoms with Gasteiger partial charge in [0, 0.05) is 24.5 Å². The number of aromatic nitrogens is 1. The smallest absolute Gasteiger partial charge is 0.289 e. The maximum absolute atomic E-state index is 12.2. The van der Waals surface area contributed by atoms with E-state index in [9.17, 15) is 14.7 Å². The van der Waals surface area contributed by atoms with Crippen LogP contribution < -0.4 is 20.5 Å². The molecule has 2 amide bonds. The first-order chi connectivity index (χ1) is 12.6. The Morgan fingerprint density at radius 3 is 2.69 bits per heavy atom. The number of hydrogen-bond acceptors (Lipinski definition) is 8. The standard InChI is InChI=1S/C16H18N4O5S/c1-24-10-2-3-11(13(21)8-10)14(22)18-19-15(23)12-9-26-16(17-12)20-4-6-25-7-5-20/h2-3,8-9,21H,4-7H2,1H3,(H,18,22)(H,19,23). The second kappa shape index (κ2) is 8.02. The normalized spacial score (nSPS) is 14.0. The Kier molecular flexibility index (Phi) is 5.54. The lowest BCUT2D eigenvalue weighted by Crippen LogP contribution is -2.42. The van der Waals surface area contributed by atoms with Crippen molar-refractivity contribution in [2.45, 2.75) is 0 Å². The second-order valence-electron chi connectivity index (χ2n) is 5.41. The van der Waals surface area contributed by atoms with E-state index in [0.29, 0.717) is 19.0 Å². The number of ether oxygens (including phenoxy) is 2. The summed E-state index contributed by atoms with van der Waals surface area (Å²) in [5, 5.41) is 12.2. The van der Waals surface area contributed by atoms with Crippen LogP contribution in [0.15, 0.2) is 23.6 Å². The van der Waals surface area contributed by atoms with Gasteiger partial charge in [0.05, 0.1) is 25.9 Å². The molecule has 0 bridgehead atoms. The zero-order chi connectivity index (χ0) is 18.5. The van der Waals surface area contributed by atoms with E-state index in [1.165, 1.54) is 36.6 Å². The number of phenols is 1. The molecule has 0 aliphatic carbocycles. The molecule has 26 heavy (non-hydrogen) atoms. The molecule has 0 unspecified atom stereocenters. The fourth-order valence-electron chi connectivity index (χ4n) is 2.34. The first-order valence-corrected chi connectivity index (χ1v) is 8.72. The number of aromatic hydroxyl groups is 1. The number of benzene rings is 1. The Labute approximate surface area is 153 Å². The fraction of sp³-hybridized carbons (Fsp3) is 0.312. The van der Waals surface area contributed by atoms with E-state index in [-0.39, 0.29) is 17.0 Å². The maximum Gasteiger partial charge on any atom is 0.289 e. The summed E-state index contributed by atoms with van der Waals surface area (Å²) in [6.45, 7) is 2.70. The molecular formula is C16H18N4O5S. The number of morpholine rings is 1. The van der Waals surface area contributed by atoms with E-state index in [0.717, 1.165) is 18.2 Å². The van der Waals surface area contributed by atoms with Gasteiger partial charge in [-0.1, -0.05) is 0 Å². The number of hydrogen-bond donors (Lipinski definition) is 3. The molecule has 1 saturated heterocycles. The molecule has 1 aliphatic heterocycles. The average Bonchev–Trinajstić information content (AvgIpc) is 3.16. The number of carbonyl (C=O) groups excluding carboxylic acids is 2. The van der Waals surface area contributed by atoms with Crippen LogP contribution in [0.25, 0.3) is 0 Å². The quantitative estimate of drug-likeness (QED) is 0.674. The molecule has 0 radical (unpaired) electrons. The summed E-state index contributed by atoms with van der Waals surface area (Å²) in [5.74, 6) is -1.02. The summed E-state index contributed by atoms with van der Waals surface area (Å²) in [6, 6.07) is 4.24. The van der Waals surface area contributed by atoms with Crippen molar-refractivity contribution in [3.8, 4) is 11.5 Å². The van der Waals surface area contributed by atoms with Crippen LogP contribution in [0.1, 0.15) is 20.8 Å². The number of phenolic OH excluding ortho intramolecular Hbond substituents is 1. The largest absolute Gasteiger partial charge is 0.507 e. The maximum atomic E-state index is 12.2. The second-order valence-corrected chi connectivity index (χ2v) is 6.24. The van der Waals surface area contributed by atoms with E-state index in [1.807, 2.05) is 4.90 Å². The van der Waals surface area contributed by atoms with Gasteiger partial charge < -0.3 is 19.5 Å². The highest BCUT2D eigenvalue weighted by atomic mass is 32.1. The van der Waals surface area contributed by atoms with Gasteiger partial charge >= 0.3 is 0 Å². The fourth-order valence-corrected chi connectivity index (χ4v) is 3.20. The zero-order valence-electron chi connectivity index (χ0n) is 14.0. The highest BCUT2D eigenvalue weighted by Crippen LogP contribution is 2.23. The molecule has 1 fully saturated rings. The first kappa shape index (κ1) is 18.0. The Balaban J connectivity index is 1.58. The van der Waals surface area contributed by atoms with Crippen molar-refractivity contribution in [2.75, 3.05) is 38.3 Å². The Morgan fingerprint density at radius 2 is 2.00 bits per heavy atom. The lowest BCUT2D eigenvalue weighted by Gasteiger charge is -2.25. The van der Waals surface area contributed by atoms with Crippen LogP contribution in [-0.4, -0.2) is 55.3 Å². The highest BCUT2D eigenvalue weighted by molar-refractivity contribution is 7.13. The molecule has 1 aromatic carbocycles. The number of hydrazine groups is 1. The van der Waals surface area contributed by atoms with Crippen molar-refractivity contribution in [2.24, 2.45) is 0 Å². The van der Waals surface area contributed by atoms with Crippen LogP contribution in [-0.2, 0) is 4.74 Å². The Hall–Kier alpha value is -2.85. The number of nitrogens with zero attached hydrogens (tertiary/aromatic N) is 2. The number of thiazole rings is 1. The van der Waals surface area contributed by atoms with Gasteiger partial charge in [-0.05, 0) is 12.1 Å². The average molecular weight is 378 g/mol. The van der Waals surface area contributed by atoms with Crippen molar-refractivity contribution in [1.29, 1.82) is 0 Å². The van der Waals surface area contributed by atoms with Gasteiger partial charge in [-0.3, -0.25) is 20.4 Å². The molecule has 0 saturated carbocycles. The van der Waals surface area contributed by atoms with E-state index < -0.39 is 11.8 Å². The monoisotopic (exact) mass is 378 g/mol. The van der Waals surface area contributed by atoms with E-state index in [4.69, 9.17) is 9.47 Å². The summed E-state index contributed by atoms with van der Waals surface area (Å²) >= 11 is 1.35. The number of carbonyl (C=O) groups is 2.